The molecule has 4 rings (SSSR count). The molecular weight excluding hydrogens is 386 g/mol. The first kappa shape index (κ1) is 20.8. The molecule has 1 aliphatic heterocycles. The molecule has 3 aromatic rings. The number of aryl methyl sites for hydroxylation is 1. The highest BCUT2D eigenvalue weighted by Gasteiger charge is 2.10. The molecule has 0 atom stereocenters. The lowest BCUT2D eigenvalue weighted by molar-refractivity contribution is 0.233. The monoisotopic (exact) mass is 415 g/mol. The Morgan fingerprint density at radius 3 is 2.58 bits per heavy atom. The Labute approximate surface area is 183 Å². The molecule has 0 spiro atoms. The summed E-state index contributed by atoms with van der Waals surface area (Å²) in [7, 11) is 0. The lowest BCUT2D eigenvalue weighted by Gasteiger charge is -2.27. The van der Waals surface area contributed by atoms with E-state index >= 15 is 0 Å². The summed E-state index contributed by atoms with van der Waals surface area (Å²) in [6, 6.07) is 16.5. The van der Waals surface area contributed by atoms with E-state index in [0.717, 1.165) is 61.2 Å². The Morgan fingerprint density at radius 2 is 1.81 bits per heavy atom. The van der Waals surface area contributed by atoms with E-state index in [-0.39, 0.29) is 0 Å². The van der Waals surface area contributed by atoms with Crippen LogP contribution in [0.5, 0.6) is 0 Å². The second kappa shape index (κ2) is 10.1. The molecule has 0 amide bonds. The Morgan fingerprint density at radius 1 is 1.03 bits per heavy atom. The van der Waals surface area contributed by atoms with Crippen LogP contribution in [0.15, 0.2) is 67.5 Å². The molecule has 7 nitrogen and oxygen atoms in total. The SMILES string of the molecule is C=CNc1cccc(Nc2nc(Nc3ccc(CN4CCNCC4)cc3)ncc2C)c1. The van der Waals surface area contributed by atoms with Crippen molar-refractivity contribution in [1.82, 2.24) is 20.2 Å². The number of anilines is 5. The van der Waals surface area contributed by atoms with Crippen LogP contribution in [-0.4, -0.2) is 41.0 Å². The smallest absolute Gasteiger partial charge is 0.229 e. The summed E-state index contributed by atoms with van der Waals surface area (Å²) in [5, 5.41) is 13.2. The molecule has 1 aromatic heterocycles. The summed E-state index contributed by atoms with van der Waals surface area (Å²) in [5.41, 5.74) is 5.16. The van der Waals surface area contributed by atoms with Crippen LogP contribution >= 0.6 is 0 Å². The van der Waals surface area contributed by atoms with E-state index in [4.69, 9.17) is 0 Å². The molecule has 1 saturated heterocycles. The van der Waals surface area contributed by atoms with E-state index < -0.39 is 0 Å². The highest BCUT2D eigenvalue weighted by Crippen LogP contribution is 2.23. The Kier molecular flexibility index (Phi) is 6.76. The van der Waals surface area contributed by atoms with Crippen molar-refractivity contribution in [3.8, 4) is 0 Å². The Bertz CT molecular complexity index is 1010. The van der Waals surface area contributed by atoms with Crippen molar-refractivity contribution in [2.24, 2.45) is 0 Å². The van der Waals surface area contributed by atoms with E-state index in [9.17, 15) is 0 Å². The maximum Gasteiger partial charge on any atom is 0.229 e. The van der Waals surface area contributed by atoms with E-state index in [2.05, 4.69) is 67.0 Å². The third-order valence-corrected chi connectivity index (χ3v) is 5.19. The van der Waals surface area contributed by atoms with Crippen molar-refractivity contribution in [2.45, 2.75) is 13.5 Å². The average molecular weight is 416 g/mol. The van der Waals surface area contributed by atoms with Gasteiger partial charge in [-0.2, -0.15) is 4.98 Å². The fourth-order valence-electron chi connectivity index (χ4n) is 3.52. The maximum atomic E-state index is 4.67. The van der Waals surface area contributed by atoms with Crippen molar-refractivity contribution in [1.29, 1.82) is 0 Å². The van der Waals surface area contributed by atoms with Gasteiger partial charge in [-0.3, -0.25) is 4.90 Å². The summed E-state index contributed by atoms with van der Waals surface area (Å²) in [6.45, 7) is 11.0. The van der Waals surface area contributed by atoms with Crippen LogP contribution in [0.3, 0.4) is 0 Å². The van der Waals surface area contributed by atoms with Gasteiger partial charge in [0, 0.05) is 61.5 Å². The van der Waals surface area contributed by atoms with Crippen LogP contribution in [-0.2, 0) is 6.54 Å². The van der Waals surface area contributed by atoms with Gasteiger partial charge in [0.2, 0.25) is 5.95 Å². The molecule has 0 unspecified atom stereocenters. The van der Waals surface area contributed by atoms with E-state index in [1.54, 1.807) is 6.20 Å². The summed E-state index contributed by atoms with van der Waals surface area (Å²) in [6.07, 6.45) is 3.48. The second-order valence-corrected chi connectivity index (χ2v) is 7.63. The molecule has 1 aliphatic rings. The Balaban J connectivity index is 1.42. The molecule has 0 radical (unpaired) electrons. The molecular formula is C24H29N7. The van der Waals surface area contributed by atoms with Crippen molar-refractivity contribution < 1.29 is 0 Å². The first-order chi connectivity index (χ1) is 15.2. The number of rotatable bonds is 8. The van der Waals surface area contributed by atoms with Gasteiger partial charge < -0.3 is 21.3 Å². The van der Waals surface area contributed by atoms with Gasteiger partial charge in [0.25, 0.3) is 0 Å². The zero-order valence-electron chi connectivity index (χ0n) is 17.9. The molecule has 2 aromatic carbocycles. The average Bonchev–Trinajstić information content (AvgIpc) is 2.79. The van der Waals surface area contributed by atoms with E-state index in [0.29, 0.717) is 5.95 Å². The first-order valence-electron chi connectivity index (χ1n) is 10.6. The fourth-order valence-corrected chi connectivity index (χ4v) is 3.52. The lowest BCUT2D eigenvalue weighted by Crippen LogP contribution is -2.42. The van der Waals surface area contributed by atoms with Crippen LogP contribution in [0.2, 0.25) is 0 Å². The van der Waals surface area contributed by atoms with Gasteiger partial charge in [-0.1, -0.05) is 24.8 Å². The normalized spacial score (nSPS) is 14.1. The number of hydrogen-bond donors (Lipinski definition) is 4. The first-order valence-corrected chi connectivity index (χ1v) is 10.6. The highest BCUT2D eigenvalue weighted by atomic mass is 15.2. The topological polar surface area (TPSA) is 77.1 Å². The summed E-state index contributed by atoms with van der Waals surface area (Å²) in [4.78, 5) is 11.6. The van der Waals surface area contributed by atoms with E-state index in [1.807, 2.05) is 37.4 Å². The maximum absolute atomic E-state index is 4.67. The minimum Gasteiger partial charge on any atom is -0.362 e. The molecule has 4 N–H and O–H groups in total. The molecule has 2 heterocycles. The quantitative estimate of drug-likeness (QED) is 0.438. The third-order valence-electron chi connectivity index (χ3n) is 5.19. The summed E-state index contributed by atoms with van der Waals surface area (Å²) >= 11 is 0. The minimum absolute atomic E-state index is 0.559. The molecule has 1 fully saturated rings. The molecule has 7 heteroatoms. The molecule has 160 valence electrons. The van der Waals surface area contributed by atoms with E-state index in [1.165, 1.54) is 5.56 Å². The van der Waals surface area contributed by atoms with Gasteiger partial charge in [0.15, 0.2) is 0 Å². The number of nitrogens with zero attached hydrogens (tertiary/aromatic N) is 3. The van der Waals surface area contributed by atoms with Gasteiger partial charge in [0.1, 0.15) is 5.82 Å². The predicted octanol–water partition coefficient (Wildman–Crippen LogP) is 4.23. The fraction of sp³-hybridized carbons (Fsp3) is 0.250. The molecule has 0 saturated carbocycles. The second-order valence-electron chi connectivity index (χ2n) is 7.63. The predicted molar refractivity (Wildman–Crippen MR) is 128 cm³/mol. The van der Waals surface area contributed by atoms with Crippen molar-refractivity contribution in [2.75, 3.05) is 42.1 Å². The lowest BCUT2D eigenvalue weighted by atomic mass is 10.2. The highest BCUT2D eigenvalue weighted by molar-refractivity contribution is 5.66. The van der Waals surface area contributed by atoms with Gasteiger partial charge >= 0.3 is 0 Å². The molecule has 0 bridgehead atoms. The van der Waals surface area contributed by atoms with Gasteiger partial charge in [-0.15, -0.1) is 0 Å². The standard InChI is InChI=1S/C24H29N7/c1-3-26-21-5-4-6-22(15-21)28-23-18(2)16-27-24(30-23)29-20-9-7-19(8-10-20)17-31-13-11-25-12-14-31/h3-10,15-16,25-26H,1,11-14,17H2,2H3,(H2,27,28,29,30). The molecule has 31 heavy (non-hydrogen) atoms. The zero-order valence-corrected chi connectivity index (χ0v) is 17.9. The van der Waals surface area contributed by atoms with Gasteiger partial charge in [-0.25, -0.2) is 4.98 Å². The van der Waals surface area contributed by atoms with Crippen molar-refractivity contribution in [3.63, 3.8) is 0 Å². The number of aromatic nitrogens is 2. The third kappa shape index (κ3) is 5.81. The zero-order chi connectivity index (χ0) is 21.5. The number of nitrogens with one attached hydrogen (secondary N) is 4. The minimum atomic E-state index is 0.559. The van der Waals surface area contributed by atoms with Crippen molar-refractivity contribution >= 4 is 28.8 Å². The summed E-state index contributed by atoms with van der Waals surface area (Å²) in [5.74, 6) is 1.33. The van der Waals surface area contributed by atoms with Crippen LogP contribution < -0.4 is 21.3 Å². The molecule has 0 aliphatic carbocycles. The van der Waals surface area contributed by atoms with Crippen LogP contribution in [0.25, 0.3) is 0 Å². The summed E-state index contributed by atoms with van der Waals surface area (Å²) < 4.78 is 0. The van der Waals surface area contributed by atoms with Crippen LogP contribution in [0.1, 0.15) is 11.1 Å². The van der Waals surface area contributed by atoms with Crippen LogP contribution in [0, 0.1) is 6.92 Å². The van der Waals surface area contributed by atoms with Gasteiger partial charge in [-0.05, 0) is 49.0 Å². The number of piperazine rings is 1. The van der Waals surface area contributed by atoms with Crippen LogP contribution in [0.4, 0.5) is 28.8 Å². The number of hydrogen-bond acceptors (Lipinski definition) is 7. The Hall–Kier alpha value is -3.42. The van der Waals surface area contributed by atoms with Gasteiger partial charge in [0.05, 0.1) is 0 Å². The largest absolute Gasteiger partial charge is 0.362 e. The number of benzene rings is 2. The van der Waals surface area contributed by atoms with Crippen molar-refractivity contribution in [3.05, 3.63) is 78.6 Å².